The Balaban J connectivity index is 1.60. The molecule has 1 aromatic heterocycles. The van der Waals surface area contributed by atoms with Gasteiger partial charge in [0.25, 0.3) is 0 Å². The quantitative estimate of drug-likeness (QED) is 0.273. The summed E-state index contributed by atoms with van der Waals surface area (Å²) in [7, 11) is 0. The molecule has 27 heavy (non-hydrogen) atoms. The second kappa shape index (κ2) is 10.1. The number of fused-ring (bicyclic) bond motifs is 1. The molecule has 2 aromatic carbocycles. The second-order valence-electron chi connectivity index (χ2n) is 6.50. The lowest BCUT2D eigenvalue weighted by Gasteiger charge is -2.08. The molecular formula is C22H24N2O2S. The Bertz CT molecular complexity index is 884. The number of unbranched alkanes of at least 4 members (excludes halogenated alkanes) is 4. The molecule has 0 fully saturated rings. The van der Waals surface area contributed by atoms with Crippen molar-refractivity contribution in [1.82, 2.24) is 9.97 Å². The smallest absolute Gasteiger partial charge is 0.303 e. The van der Waals surface area contributed by atoms with Crippen molar-refractivity contribution in [1.29, 1.82) is 0 Å². The minimum Gasteiger partial charge on any atom is -0.481 e. The number of aromatic nitrogens is 2. The maximum atomic E-state index is 10.5. The van der Waals surface area contributed by atoms with Gasteiger partial charge in [0.05, 0.1) is 11.2 Å². The van der Waals surface area contributed by atoms with Crippen molar-refractivity contribution >= 4 is 28.6 Å². The molecule has 0 saturated carbocycles. The first-order chi connectivity index (χ1) is 13.2. The Kier molecular flexibility index (Phi) is 7.22. The predicted octanol–water partition coefficient (Wildman–Crippen LogP) is 5.81. The van der Waals surface area contributed by atoms with E-state index in [2.05, 4.69) is 18.2 Å². The third-order valence-electron chi connectivity index (χ3n) is 4.40. The lowest BCUT2D eigenvalue weighted by atomic mass is 10.1. The van der Waals surface area contributed by atoms with Gasteiger partial charge in [0.2, 0.25) is 0 Å². The number of nitrogens with zero attached hydrogens (tertiary/aromatic N) is 2. The molecule has 0 unspecified atom stereocenters. The van der Waals surface area contributed by atoms with Gasteiger partial charge >= 0.3 is 5.97 Å². The minimum absolute atomic E-state index is 0.280. The number of benzene rings is 2. The second-order valence-corrected chi connectivity index (χ2v) is 7.56. The summed E-state index contributed by atoms with van der Waals surface area (Å²) in [6.45, 7) is 0. The van der Waals surface area contributed by atoms with Crippen LogP contribution in [0, 0.1) is 0 Å². The molecule has 0 bridgehead atoms. The first-order valence-electron chi connectivity index (χ1n) is 9.41. The Morgan fingerprint density at radius 3 is 2.37 bits per heavy atom. The fourth-order valence-electron chi connectivity index (χ4n) is 3.01. The van der Waals surface area contributed by atoms with Crippen LogP contribution < -0.4 is 0 Å². The van der Waals surface area contributed by atoms with E-state index in [9.17, 15) is 4.79 Å². The minimum atomic E-state index is -0.701. The van der Waals surface area contributed by atoms with Crippen LogP contribution in [0.3, 0.4) is 0 Å². The van der Waals surface area contributed by atoms with Gasteiger partial charge in [-0.1, -0.05) is 79.6 Å². The number of hydrogen-bond donors (Lipinski definition) is 1. The van der Waals surface area contributed by atoms with Crippen LogP contribution in [0.25, 0.3) is 22.2 Å². The van der Waals surface area contributed by atoms with Crippen LogP contribution >= 0.6 is 11.8 Å². The van der Waals surface area contributed by atoms with Gasteiger partial charge in [0.1, 0.15) is 0 Å². The van der Waals surface area contributed by atoms with Gasteiger partial charge in [-0.3, -0.25) is 4.79 Å². The van der Waals surface area contributed by atoms with Crippen molar-refractivity contribution < 1.29 is 9.90 Å². The molecule has 1 N–H and O–H groups in total. The van der Waals surface area contributed by atoms with Gasteiger partial charge < -0.3 is 5.11 Å². The van der Waals surface area contributed by atoms with E-state index in [1.807, 2.05) is 36.4 Å². The van der Waals surface area contributed by atoms with Gasteiger partial charge in [-0.25, -0.2) is 9.97 Å². The molecule has 0 amide bonds. The molecule has 3 rings (SSSR count). The highest BCUT2D eigenvalue weighted by molar-refractivity contribution is 7.99. The number of aliphatic carboxylic acids is 1. The number of carboxylic acids is 1. The summed E-state index contributed by atoms with van der Waals surface area (Å²) < 4.78 is 0. The summed E-state index contributed by atoms with van der Waals surface area (Å²) in [4.78, 5) is 20.0. The molecule has 1 heterocycles. The molecule has 0 aliphatic carbocycles. The summed E-state index contributed by atoms with van der Waals surface area (Å²) in [6, 6.07) is 18.4. The highest BCUT2D eigenvalue weighted by atomic mass is 32.2. The van der Waals surface area contributed by atoms with Crippen molar-refractivity contribution in [3.63, 3.8) is 0 Å². The van der Waals surface area contributed by atoms with Crippen molar-refractivity contribution in [3.05, 3.63) is 54.6 Å². The molecule has 140 valence electrons. The van der Waals surface area contributed by atoms with E-state index in [-0.39, 0.29) is 6.42 Å². The summed E-state index contributed by atoms with van der Waals surface area (Å²) >= 11 is 1.70. The first kappa shape index (κ1) is 19.4. The van der Waals surface area contributed by atoms with Crippen LogP contribution in [0.2, 0.25) is 0 Å². The zero-order valence-electron chi connectivity index (χ0n) is 15.3. The molecule has 0 atom stereocenters. The fourth-order valence-corrected chi connectivity index (χ4v) is 3.86. The molecule has 3 aromatic rings. The van der Waals surface area contributed by atoms with Gasteiger partial charge in [0.15, 0.2) is 5.16 Å². The van der Waals surface area contributed by atoms with E-state index < -0.39 is 5.97 Å². The molecule has 5 heteroatoms. The van der Waals surface area contributed by atoms with Crippen molar-refractivity contribution in [2.75, 3.05) is 5.75 Å². The highest BCUT2D eigenvalue weighted by Gasteiger charge is 2.09. The van der Waals surface area contributed by atoms with Crippen LogP contribution in [-0.4, -0.2) is 26.8 Å². The Labute approximate surface area is 164 Å². The SMILES string of the molecule is O=C(O)CCCCCCCSc1nc(-c2ccccc2)c2ccccc2n1. The average Bonchev–Trinajstić information content (AvgIpc) is 2.70. The van der Waals surface area contributed by atoms with Gasteiger partial charge in [-0.15, -0.1) is 0 Å². The lowest BCUT2D eigenvalue weighted by molar-refractivity contribution is -0.137. The number of para-hydroxylation sites is 1. The normalized spacial score (nSPS) is 11.0. The lowest BCUT2D eigenvalue weighted by Crippen LogP contribution is -1.95. The maximum absolute atomic E-state index is 10.5. The Hall–Kier alpha value is -2.40. The Morgan fingerprint density at radius 1 is 0.852 bits per heavy atom. The molecule has 0 aliphatic heterocycles. The van der Waals surface area contributed by atoms with Crippen LogP contribution in [0.5, 0.6) is 0 Å². The predicted molar refractivity (Wildman–Crippen MR) is 111 cm³/mol. The monoisotopic (exact) mass is 380 g/mol. The van der Waals surface area contributed by atoms with E-state index in [0.29, 0.717) is 0 Å². The molecule has 0 aliphatic rings. The number of rotatable bonds is 10. The highest BCUT2D eigenvalue weighted by Crippen LogP contribution is 2.28. The fraction of sp³-hybridized carbons (Fsp3) is 0.318. The van der Waals surface area contributed by atoms with Crippen molar-refractivity contribution in [2.24, 2.45) is 0 Å². The Morgan fingerprint density at radius 2 is 1.56 bits per heavy atom. The molecule has 0 saturated heterocycles. The number of hydrogen-bond acceptors (Lipinski definition) is 4. The zero-order chi connectivity index (χ0) is 18.9. The van der Waals surface area contributed by atoms with Gasteiger partial charge in [-0.05, 0) is 18.9 Å². The van der Waals surface area contributed by atoms with Gasteiger partial charge in [-0.2, -0.15) is 0 Å². The third kappa shape index (κ3) is 5.79. The summed E-state index contributed by atoms with van der Waals surface area (Å²) in [5, 5.41) is 10.5. The van der Waals surface area contributed by atoms with E-state index in [1.165, 1.54) is 0 Å². The van der Waals surface area contributed by atoms with Crippen LogP contribution in [0.1, 0.15) is 38.5 Å². The largest absolute Gasteiger partial charge is 0.481 e. The summed E-state index contributed by atoms with van der Waals surface area (Å²) in [5.74, 6) is 0.277. The zero-order valence-corrected chi connectivity index (χ0v) is 16.1. The third-order valence-corrected chi connectivity index (χ3v) is 5.33. The number of thioether (sulfide) groups is 1. The van der Waals surface area contributed by atoms with Gasteiger partial charge in [0, 0.05) is 23.1 Å². The molecule has 0 radical (unpaired) electrons. The van der Waals surface area contributed by atoms with Crippen LogP contribution in [-0.2, 0) is 4.79 Å². The van der Waals surface area contributed by atoms with E-state index in [1.54, 1.807) is 11.8 Å². The number of carbonyl (C=O) groups is 1. The maximum Gasteiger partial charge on any atom is 0.303 e. The molecular weight excluding hydrogens is 356 g/mol. The average molecular weight is 381 g/mol. The van der Waals surface area contributed by atoms with Crippen LogP contribution in [0.15, 0.2) is 59.8 Å². The van der Waals surface area contributed by atoms with Crippen LogP contribution in [0.4, 0.5) is 0 Å². The summed E-state index contributed by atoms with van der Waals surface area (Å²) in [6.07, 6.45) is 5.34. The van der Waals surface area contributed by atoms with Crippen molar-refractivity contribution in [2.45, 2.75) is 43.7 Å². The van der Waals surface area contributed by atoms with E-state index in [4.69, 9.17) is 15.1 Å². The topological polar surface area (TPSA) is 63.1 Å². The van der Waals surface area contributed by atoms with E-state index >= 15 is 0 Å². The molecule has 4 nitrogen and oxygen atoms in total. The number of carboxylic acid groups (broad SMARTS) is 1. The standard InChI is InChI=1S/C22H24N2O2S/c25-20(26)15-7-2-1-3-10-16-27-22-23-19-14-9-8-13-18(19)21(24-22)17-11-5-4-6-12-17/h4-6,8-9,11-14H,1-3,7,10,15-16H2,(H,25,26). The summed E-state index contributed by atoms with van der Waals surface area (Å²) in [5.41, 5.74) is 3.07. The molecule has 0 spiro atoms. The van der Waals surface area contributed by atoms with E-state index in [0.717, 1.165) is 65.2 Å². The van der Waals surface area contributed by atoms with Crippen molar-refractivity contribution in [3.8, 4) is 11.3 Å². The first-order valence-corrected chi connectivity index (χ1v) is 10.4.